The lowest BCUT2D eigenvalue weighted by molar-refractivity contribution is -0.140. The number of aliphatic hydroxyl groups is 1. The molecule has 0 amide bonds. The third kappa shape index (κ3) is 7.00. The van der Waals surface area contributed by atoms with Crippen LogP contribution < -0.4 is 29.8 Å². The summed E-state index contributed by atoms with van der Waals surface area (Å²) in [4.78, 5) is 24.8. The molecule has 0 bridgehead atoms. The molecule has 0 fully saturated rings. The second kappa shape index (κ2) is 13.8. The number of rotatable bonds is 12. The van der Waals surface area contributed by atoms with Gasteiger partial charge in [-0.3, -0.25) is 19.5 Å². The van der Waals surface area contributed by atoms with Crippen molar-refractivity contribution in [2.24, 2.45) is 0 Å². The van der Waals surface area contributed by atoms with Gasteiger partial charge in [0.25, 0.3) is 5.56 Å². The van der Waals surface area contributed by atoms with Gasteiger partial charge in [0.05, 0.1) is 29.5 Å². The maximum Gasteiger partial charge on any atom is 0.323 e. The maximum absolute atomic E-state index is 13.4. The molecule has 226 valence electrons. The largest absolute Gasteiger partial charge is 0.488 e. The van der Waals surface area contributed by atoms with E-state index in [0.29, 0.717) is 58.6 Å². The average molecular weight is 598 g/mol. The minimum Gasteiger partial charge on any atom is -0.488 e. The van der Waals surface area contributed by atoms with E-state index in [1.165, 1.54) is 4.57 Å². The first-order valence-electron chi connectivity index (χ1n) is 13.9. The zero-order valence-electron chi connectivity index (χ0n) is 24.0. The molecule has 3 aromatic carbocycles. The summed E-state index contributed by atoms with van der Waals surface area (Å²) in [5.74, 6) is 0.926. The Morgan fingerprint density at radius 2 is 1.80 bits per heavy atom. The SMILES string of the molecule is Cc1cc(CN[C@H](CO)C(=O)O)c(OCc2cccc(C#N)c2)cc1OCc1cccn(-c2ccc3c(c2)OCCO3)c1=O. The molecule has 3 N–H and O–H groups in total. The van der Waals surface area contributed by atoms with Crippen LogP contribution in [-0.2, 0) is 24.6 Å². The zero-order chi connectivity index (χ0) is 31.1. The van der Waals surface area contributed by atoms with Gasteiger partial charge in [0.1, 0.15) is 44.0 Å². The summed E-state index contributed by atoms with van der Waals surface area (Å²) in [6.07, 6.45) is 1.67. The number of ether oxygens (including phenoxy) is 4. The minimum absolute atomic E-state index is 0.0160. The van der Waals surface area contributed by atoms with Crippen molar-refractivity contribution in [3.05, 3.63) is 111 Å². The Hall–Kier alpha value is -5.31. The highest BCUT2D eigenvalue weighted by molar-refractivity contribution is 5.73. The van der Waals surface area contributed by atoms with E-state index in [9.17, 15) is 25.1 Å². The first-order valence-corrected chi connectivity index (χ1v) is 13.9. The van der Waals surface area contributed by atoms with E-state index in [0.717, 1.165) is 11.1 Å². The van der Waals surface area contributed by atoms with E-state index in [4.69, 9.17) is 18.9 Å². The Kier molecular flexibility index (Phi) is 9.44. The van der Waals surface area contributed by atoms with Crippen LogP contribution in [0.15, 0.2) is 77.7 Å². The Labute approximate surface area is 253 Å². The summed E-state index contributed by atoms with van der Waals surface area (Å²) in [6, 6.07) is 20.3. The fourth-order valence-corrected chi connectivity index (χ4v) is 4.70. The Bertz CT molecular complexity index is 1760. The van der Waals surface area contributed by atoms with Crippen molar-refractivity contribution in [1.29, 1.82) is 5.26 Å². The number of hydrogen-bond acceptors (Lipinski definition) is 9. The summed E-state index contributed by atoms with van der Waals surface area (Å²) >= 11 is 0. The summed E-state index contributed by atoms with van der Waals surface area (Å²) in [5.41, 5.74) is 3.46. The smallest absolute Gasteiger partial charge is 0.323 e. The van der Waals surface area contributed by atoms with Gasteiger partial charge >= 0.3 is 5.97 Å². The first-order chi connectivity index (χ1) is 21.4. The number of hydrogen-bond donors (Lipinski definition) is 3. The van der Waals surface area contributed by atoms with Crippen LogP contribution in [0.4, 0.5) is 0 Å². The number of nitrogens with one attached hydrogen (secondary N) is 1. The molecule has 0 radical (unpaired) electrons. The highest BCUT2D eigenvalue weighted by Crippen LogP contribution is 2.32. The fourth-order valence-electron chi connectivity index (χ4n) is 4.70. The number of nitriles is 1. The summed E-state index contributed by atoms with van der Waals surface area (Å²) in [5, 5.41) is 30.8. The first kappa shape index (κ1) is 30.2. The standard InChI is InChI=1S/C33H31N3O8/c1-21-12-25(17-35-27(18-37)33(39)40)30(43-19-23-5-2-4-22(13-23)16-34)15-29(21)44-20-24-6-3-9-36(32(24)38)26-7-8-28-31(14-26)42-11-10-41-28/h2-9,12-15,27,35,37H,10-11,17-20H2,1H3,(H,39,40)/t27-/m1/s1. The molecule has 1 aromatic heterocycles. The number of nitrogens with zero attached hydrogens (tertiary/aromatic N) is 2. The van der Waals surface area contributed by atoms with Gasteiger partial charge in [-0.05, 0) is 60.5 Å². The van der Waals surface area contributed by atoms with Gasteiger partial charge in [-0.15, -0.1) is 0 Å². The van der Waals surface area contributed by atoms with Crippen molar-refractivity contribution in [2.75, 3.05) is 19.8 Å². The number of carbonyl (C=O) groups is 1. The number of aromatic nitrogens is 1. The molecule has 0 unspecified atom stereocenters. The summed E-state index contributed by atoms with van der Waals surface area (Å²) < 4.78 is 25.0. The lowest BCUT2D eigenvalue weighted by Crippen LogP contribution is -2.39. The molecule has 1 aliphatic rings. The molecule has 4 aromatic rings. The lowest BCUT2D eigenvalue weighted by Gasteiger charge is -2.19. The van der Waals surface area contributed by atoms with E-state index in [2.05, 4.69) is 11.4 Å². The monoisotopic (exact) mass is 597 g/mol. The van der Waals surface area contributed by atoms with Gasteiger partial charge in [-0.2, -0.15) is 5.26 Å². The number of aliphatic hydroxyl groups excluding tert-OH is 1. The lowest BCUT2D eigenvalue weighted by atomic mass is 10.1. The highest BCUT2D eigenvalue weighted by atomic mass is 16.6. The van der Waals surface area contributed by atoms with E-state index < -0.39 is 18.6 Å². The zero-order valence-corrected chi connectivity index (χ0v) is 24.0. The molecular weight excluding hydrogens is 566 g/mol. The topological polar surface area (TPSA) is 152 Å². The van der Waals surface area contributed by atoms with Gasteiger partial charge in [0, 0.05) is 30.4 Å². The second-order valence-corrected chi connectivity index (χ2v) is 10.1. The molecule has 11 nitrogen and oxygen atoms in total. The van der Waals surface area contributed by atoms with Crippen molar-refractivity contribution < 1.29 is 34.0 Å². The molecule has 1 aliphatic heterocycles. The molecule has 0 aliphatic carbocycles. The van der Waals surface area contributed by atoms with Crippen LogP contribution in [0.25, 0.3) is 5.69 Å². The number of aliphatic carboxylic acids is 1. The number of carboxylic acids is 1. The predicted octanol–water partition coefficient (Wildman–Crippen LogP) is 3.48. The van der Waals surface area contributed by atoms with Gasteiger partial charge in [-0.25, -0.2) is 0 Å². The van der Waals surface area contributed by atoms with Crippen LogP contribution in [0.2, 0.25) is 0 Å². The molecule has 0 saturated heterocycles. The van der Waals surface area contributed by atoms with Crippen LogP contribution in [-0.4, -0.2) is 46.6 Å². The maximum atomic E-state index is 13.4. The van der Waals surface area contributed by atoms with Crippen LogP contribution in [0.5, 0.6) is 23.0 Å². The molecule has 1 atom stereocenters. The van der Waals surface area contributed by atoms with Gasteiger partial charge in [-0.1, -0.05) is 12.1 Å². The molecule has 2 heterocycles. The second-order valence-electron chi connectivity index (χ2n) is 10.1. The van der Waals surface area contributed by atoms with Crippen LogP contribution in [0.3, 0.4) is 0 Å². The molecule has 0 spiro atoms. The molecule has 44 heavy (non-hydrogen) atoms. The summed E-state index contributed by atoms with van der Waals surface area (Å²) in [7, 11) is 0. The quantitative estimate of drug-likeness (QED) is 0.221. The molecule has 11 heteroatoms. The van der Waals surface area contributed by atoms with E-state index in [1.54, 1.807) is 66.9 Å². The Morgan fingerprint density at radius 3 is 2.57 bits per heavy atom. The fraction of sp³-hybridized carbons (Fsp3) is 0.242. The van der Waals surface area contributed by atoms with Gasteiger partial charge in [0.15, 0.2) is 11.5 Å². The number of fused-ring (bicyclic) bond motifs is 1. The number of benzene rings is 3. The van der Waals surface area contributed by atoms with Gasteiger partial charge in [0.2, 0.25) is 0 Å². The highest BCUT2D eigenvalue weighted by Gasteiger charge is 2.18. The Balaban J connectivity index is 1.38. The van der Waals surface area contributed by atoms with Crippen LogP contribution in [0, 0.1) is 18.3 Å². The molecule has 5 rings (SSSR count). The van der Waals surface area contributed by atoms with E-state index in [1.807, 2.05) is 13.0 Å². The number of aryl methyl sites for hydroxylation is 1. The molecule has 0 saturated carbocycles. The third-order valence-corrected chi connectivity index (χ3v) is 7.04. The Morgan fingerprint density at radius 1 is 1.00 bits per heavy atom. The van der Waals surface area contributed by atoms with E-state index >= 15 is 0 Å². The number of pyridine rings is 1. The third-order valence-electron chi connectivity index (χ3n) is 7.04. The predicted molar refractivity (Wildman–Crippen MR) is 159 cm³/mol. The van der Waals surface area contributed by atoms with E-state index in [-0.39, 0.29) is 25.3 Å². The van der Waals surface area contributed by atoms with Crippen molar-refractivity contribution in [2.45, 2.75) is 32.7 Å². The average Bonchev–Trinajstić information content (AvgIpc) is 3.04. The van der Waals surface area contributed by atoms with Crippen LogP contribution in [0.1, 0.15) is 27.8 Å². The van der Waals surface area contributed by atoms with Crippen molar-refractivity contribution in [3.63, 3.8) is 0 Å². The molecular formula is C33H31N3O8. The number of carboxylic acid groups (broad SMARTS) is 1. The minimum atomic E-state index is -1.18. The van der Waals surface area contributed by atoms with Crippen molar-refractivity contribution >= 4 is 5.97 Å². The van der Waals surface area contributed by atoms with Crippen molar-refractivity contribution in [1.82, 2.24) is 9.88 Å². The van der Waals surface area contributed by atoms with Crippen LogP contribution >= 0.6 is 0 Å². The summed E-state index contributed by atoms with van der Waals surface area (Å²) in [6.45, 7) is 2.40. The van der Waals surface area contributed by atoms with Gasteiger partial charge < -0.3 is 29.2 Å². The van der Waals surface area contributed by atoms with Crippen molar-refractivity contribution in [3.8, 4) is 34.8 Å². The normalized spacial score (nSPS) is 12.7.